The molecule has 20 rings (SSSR count). The van der Waals surface area contributed by atoms with Crippen molar-refractivity contribution in [3.63, 3.8) is 0 Å². The van der Waals surface area contributed by atoms with E-state index in [1.165, 1.54) is 48.7 Å². The van der Waals surface area contributed by atoms with E-state index in [0.717, 1.165) is 95.9 Å². The summed E-state index contributed by atoms with van der Waals surface area (Å²) in [6.07, 6.45) is 8.88. The van der Waals surface area contributed by atoms with Gasteiger partial charge in [0.05, 0.1) is 89.0 Å². The van der Waals surface area contributed by atoms with Crippen molar-refractivity contribution in [2.24, 2.45) is 16.7 Å². The third kappa shape index (κ3) is 21.1. The zero-order chi connectivity index (χ0) is 96.2. The highest BCUT2D eigenvalue weighted by Gasteiger charge is 2.41. The van der Waals surface area contributed by atoms with Gasteiger partial charge in [0, 0.05) is 71.1 Å². The Kier molecular flexibility index (Phi) is 28.2. The van der Waals surface area contributed by atoms with Crippen molar-refractivity contribution in [1.82, 2.24) is 99.6 Å². The lowest BCUT2D eigenvalue weighted by Gasteiger charge is -2.41. The van der Waals surface area contributed by atoms with Gasteiger partial charge in [-0.1, -0.05) is 183 Å². The van der Waals surface area contributed by atoms with E-state index >= 15 is 0 Å². The molecule has 708 valence electrons. The molecule has 3 aliphatic carbocycles. The summed E-state index contributed by atoms with van der Waals surface area (Å²) in [4.78, 5) is 138. The number of aromatic amines is 4. The first-order valence-electron chi connectivity index (χ1n) is 45.6. The summed E-state index contributed by atoms with van der Waals surface area (Å²) in [5.41, 5.74) is 7.42. The first kappa shape index (κ1) is 93.9. The number of ether oxygens (including phenoxy) is 5. The zero-order valence-electron chi connectivity index (χ0n) is 76.6. The molecule has 0 bridgehead atoms. The van der Waals surface area contributed by atoms with Gasteiger partial charge in [0.2, 0.25) is 0 Å². The van der Waals surface area contributed by atoms with Crippen molar-refractivity contribution in [3.05, 3.63) is 327 Å². The Labute approximate surface area is 789 Å². The molecule has 8 aromatic carbocycles. The van der Waals surface area contributed by atoms with Crippen molar-refractivity contribution in [3.8, 4) is 68.5 Å². The van der Waals surface area contributed by atoms with Crippen molar-refractivity contribution in [2.75, 3.05) is 46.1 Å². The van der Waals surface area contributed by atoms with E-state index in [2.05, 4.69) is 88.5 Å². The highest BCUT2D eigenvalue weighted by Crippen LogP contribution is 2.41. The Morgan fingerprint density at radius 2 is 0.688 bits per heavy atom. The summed E-state index contributed by atoms with van der Waals surface area (Å²) in [6.45, 7) is 10.9. The maximum Gasteiger partial charge on any atom is 0.274 e. The van der Waals surface area contributed by atoms with Crippen LogP contribution in [-0.4, -0.2) is 175 Å². The fourth-order valence-electron chi connectivity index (χ4n) is 16.7. The van der Waals surface area contributed by atoms with Crippen LogP contribution in [0.4, 0.5) is 0 Å². The molecule has 4 amide bonds. The van der Waals surface area contributed by atoms with Crippen molar-refractivity contribution in [1.29, 1.82) is 0 Å². The number of carbonyl (C=O) groups is 4. The first-order chi connectivity index (χ1) is 66.9. The summed E-state index contributed by atoms with van der Waals surface area (Å²) in [6, 6.07) is 65.1. The second kappa shape index (κ2) is 41.5. The van der Waals surface area contributed by atoms with Gasteiger partial charge in [-0.3, -0.25) is 58.8 Å². The molecule has 138 heavy (non-hydrogen) atoms. The predicted molar refractivity (Wildman–Crippen MR) is 512 cm³/mol. The minimum atomic E-state index is -0.561. The number of carbonyl (C=O) groups excluding carboxylic acids is 4. The van der Waals surface area contributed by atoms with Gasteiger partial charge >= 0.3 is 0 Å². The molecule has 9 heterocycles. The van der Waals surface area contributed by atoms with E-state index in [-0.39, 0.29) is 127 Å². The smallest absolute Gasteiger partial charge is 0.274 e. The monoisotopic (exact) mass is 1860 g/mol. The predicted octanol–water partition coefficient (Wildman–Crippen LogP) is 11.1. The van der Waals surface area contributed by atoms with Crippen LogP contribution in [0.25, 0.3) is 68.7 Å². The summed E-state index contributed by atoms with van der Waals surface area (Å²) < 4.78 is 34.2. The second-order valence-corrected chi connectivity index (χ2v) is 35.3. The average molecular weight is 1870 g/mol. The molecule has 36 heteroatoms. The van der Waals surface area contributed by atoms with E-state index in [1.54, 1.807) is 36.4 Å². The largest absolute Gasteiger partial charge is 0.486 e. The van der Waals surface area contributed by atoms with Crippen LogP contribution >= 0.6 is 0 Å². The van der Waals surface area contributed by atoms with Crippen LogP contribution in [0, 0.1) is 44.4 Å². The normalized spacial score (nSPS) is 14.5. The molecule has 4 aliphatic rings. The number of rotatable bonds is 30. The maximum absolute atomic E-state index is 13.0. The van der Waals surface area contributed by atoms with Gasteiger partial charge in [0.25, 0.3) is 69.0 Å². The number of nitrogens with one attached hydrogen (secondary N) is 8. The number of aryl methyl sites for hydroxylation is 4. The van der Waals surface area contributed by atoms with Crippen LogP contribution in [0.15, 0.2) is 238 Å². The molecule has 0 spiro atoms. The molecule has 1 unspecified atom stereocenters. The second-order valence-electron chi connectivity index (χ2n) is 35.3. The van der Waals surface area contributed by atoms with Crippen molar-refractivity contribution >= 4 is 46.7 Å². The third-order valence-corrected chi connectivity index (χ3v) is 25.4. The number of aliphatic hydroxyl groups is 3. The SMILES string of the molecule is Cc1cccc(OCc2cc(=O)n3[nH]c(-c4ccccc4)nc3n2)c1C(=O)NC(C)C1CCC1.Cc1cccc(OCc2cc(=O)n3[nH]c(-c4ccccc4)nc3n2)c1C(=O)NC1(CO)CCC1.Cc1cccc(OCc2cc(=O)n3[nH]c(-c4ccccc4)nc3n2)c1C(=O)NCC1(CO)CCC1.Cc1cccc(OCc2cc(=O)n3[nH]c(-c4ccccc4)nc3n2)c1C(=O)NCC1(CO)COC1. The molecule has 11 N–H and O–H groups in total. The zero-order valence-corrected chi connectivity index (χ0v) is 76.6. The molecule has 3 saturated carbocycles. The van der Waals surface area contributed by atoms with Gasteiger partial charge < -0.3 is 60.3 Å². The van der Waals surface area contributed by atoms with Gasteiger partial charge in [0.15, 0.2) is 23.3 Å². The van der Waals surface area contributed by atoms with E-state index in [9.17, 15) is 53.7 Å². The minimum Gasteiger partial charge on any atom is -0.486 e. The van der Waals surface area contributed by atoms with Gasteiger partial charge in [-0.15, -0.1) is 0 Å². The van der Waals surface area contributed by atoms with Crippen LogP contribution < -0.4 is 62.5 Å². The van der Waals surface area contributed by atoms with Crippen molar-refractivity contribution in [2.45, 2.75) is 130 Å². The highest BCUT2D eigenvalue weighted by molar-refractivity contribution is 6.00. The standard InChI is InChI=1S/C26H27N5O4.C26H27N5O3.C25H25N5O5.C25H25N5O4/c1-17-7-5-10-20(22(17)24(34)27-15-26(16-32)11-6-12-26)35-14-19-13-21(33)31-25(28-19)29-23(30-31)18-8-3-2-4-9-18;1-16-8-6-13-21(23(16)25(33)27-17(2)18-11-7-12-18)34-15-20-14-22(32)31-26(28-20)29-24(30-31)19-9-4-3-5-10-19;1-16-6-5-9-19(21(16)23(33)26-12-25(13-31)14-34-15-25)35-11-18-10-20(32)30-24(27-18)28-22(29-30)17-7-3-2-4-8-17;1-16-7-5-10-19(21(16)23(33)28-25(15-31)11-6-12-25)34-14-18-13-20(32)30-24(26-18)27-22(29-30)17-8-3-2-4-9-17/h2-5,7-10,13,32H,6,11-12,14-16H2,1H3,(H,27,34)(H,28,29,30);3-6,8-10,13-14,17-18H,7,11-12,15H2,1-2H3,(H,27,33)(H,28,29,30);2-10,31H,11-15H2,1H3,(H,26,33)(H,27,28,29);2-5,7-10,13,31H,6,11-12,14-15H2,1H3,(H,28,33)(H,26,27,29). The molecule has 1 aliphatic heterocycles. The summed E-state index contributed by atoms with van der Waals surface area (Å²) in [7, 11) is 0. The third-order valence-electron chi connectivity index (χ3n) is 25.4. The Balaban J connectivity index is 0.000000127. The number of aromatic nitrogens is 16. The van der Waals surface area contributed by atoms with E-state index in [0.29, 0.717) is 124 Å². The topological polar surface area (TPSA) is 475 Å². The number of nitrogens with zero attached hydrogens (tertiary/aromatic N) is 12. The lowest BCUT2D eigenvalue weighted by atomic mass is 9.69. The van der Waals surface area contributed by atoms with Crippen LogP contribution in [0.5, 0.6) is 23.0 Å². The molecular weight excluding hydrogens is 1760 g/mol. The molecule has 1 saturated heterocycles. The van der Waals surface area contributed by atoms with Gasteiger partial charge in [-0.2, -0.15) is 38.0 Å². The van der Waals surface area contributed by atoms with E-state index in [4.69, 9.17) is 23.7 Å². The number of hydrogen-bond acceptors (Lipinski definition) is 24. The van der Waals surface area contributed by atoms with Crippen LogP contribution in [0.3, 0.4) is 0 Å². The number of hydrogen-bond donors (Lipinski definition) is 11. The lowest BCUT2D eigenvalue weighted by Crippen LogP contribution is -2.56. The fourth-order valence-corrected chi connectivity index (χ4v) is 16.7. The number of H-pyrrole nitrogens is 4. The molecule has 4 fully saturated rings. The number of fused-ring (bicyclic) bond motifs is 4. The molecule has 36 nitrogen and oxygen atoms in total. The quantitative estimate of drug-likeness (QED) is 0.0199. The molecule has 16 aromatic rings. The lowest BCUT2D eigenvalue weighted by molar-refractivity contribution is -0.133. The van der Waals surface area contributed by atoms with Gasteiger partial charge in [-0.25, -0.2) is 19.9 Å². The first-order valence-corrected chi connectivity index (χ1v) is 45.6. The van der Waals surface area contributed by atoms with Gasteiger partial charge in [-0.05, 0) is 132 Å². The number of aliphatic hydroxyl groups excluding tert-OH is 3. The minimum absolute atomic E-state index is 0.00355. The van der Waals surface area contributed by atoms with Gasteiger partial charge in [0.1, 0.15) is 49.4 Å². The number of benzene rings is 8. The molecular formula is C102H104N20O16. The fraction of sp³-hybridized carbons (Fsp3) is 0.294. The Morgan fingerprint density at radius 1 is 0.384 bits per heavy atom. The van der Waals surface area contributed by atoms with Crippen LogP contribution in [0.1, 0.15) is 151 Å². The van der Waals surface area contributed by atoms with Crippen LogP contribution in [0.2, 0.25) is 0 Å². The number of amides is 4. The molecule has 1 atom stereocenters. The summed E-state index contributed by atoms with van der Waals surface area (Å²) in [5.74, 6) is 4.33. The Bertz CT molecular complexity index is 7150. The highest BCUT2D eigenvalue weighted by atomic mass is 16.5. The summed E-state index contributed by atoms with van der Waals surface area (Å²) >= 11 is 0. The Hall–Kier alpha value is -15.9. The molecule has 8 aromatic heterocycles. The van der Waals surface area contributed by atoms with Crippen molar-refractivity contribution < 1.29 is 58.2 Å². The van der Waals surface area contributed by atoms with Crippen LogP contribution in [-0.2, 0) is 31.2 Å². The average Bonchev–Trinajstić information content (AvgIpc) is 1.68. The summed E-state index contributed by atoms with van der Waals surface area (Å²) in [5, 5.41) is 52.8. The van der Waals surface area contributed by atoms with E-state index < -0.39 is 11.0 Å². The van der Waals surface area contributed by atoms with E-state index in [1.807, 2.05) is 185 Å². The molecule has 0 radical (unpaired) electrons. The Morgan fingerprint density at radius 3 is 0.949 bits per heavy atom. The maximum atomic E-state index is 13.0.